The van der Waals surface area contributed by atoms with Crippen LogP contribution in [0.4, 0.5) is 0 Å². The molecule has 1 N–H and O–H groups in total. The molecule has 0 aliphatic heterocycles. The van der Waals surface area contributed by atoms with Crippen LogP contribution in [0.5, 0.6) is 11.5 Å². The molecule has 0 unspecified atom stereocenters. The van der Waals surface area contributed by atoms with Crippen molar-refractivity contribution in [1.82, 2.24) is 5.32 Å². The van der Waals surface area contributed by atoms with Crippen molar-refractivity contribution >= 4 is 24.0 Å². The van der Waals surface area contributed by atoms with Crippen LogP contribution in [0.25, 0.3) is 0 Å². The third kappa shape index (κ3) is 6.21. The van der Waals surface area contributed by atoms with E-state index >= 15 is 0 Å². The van der Waals surface area contributed by atoms with Crippen LogP contribution in [0.3, 0.4) is 0 Å². The Kier molecular flexibility index (Phi) is 8.33. The summed E-state index contributed by atoms with van der Waals surface area (Å²) in [4.78, 5) is 0. The molecule has 0 aromatic heterocycles. The van der Waals surface area contributed by atoms with E-state index in [1.54, 1.807) is 0 Å². The molecule has 20 heavy (non-hydrogen) atoms. The molecule has 0 aliphatic rings. The van der Waals surface area contributed by atoms with Gasteiger partial charge in [0.05, 0.1) is 18.2 Å². The molecule has 0 bridgehead atoms. The van der Waals surface area contributed by atoms with Gasteiger partial charge in [-0.3, -0.25) is 0 Å². The molecule has 1 aromatic carbocycles. The van der Waals surface area contributed by atoms with E-state index in [1.165, 1.54) is 0 Å². The zero-order chi connectivity index (χ0) is 14.5. The molecule has 0 radical (unpaired) electrons. The van der Waals surface area contributed by atoms with Crippen molar-refractivity contribution in [1.29, 1.82) is 0 Å². The van der Waals surface area contributed by atoms with Gasteiger partial charge in [-0.15, -0.1) is 12.4 Å². The second-order valence-corrected chi connectivity index (χ2v) is 5.78. The Morgan fingerprint density at radius 2 is 1.70 bits per heavy atom. The Morgan fingerprint density at radius 1 is 1.10 bits per heavy atom. The predicted octanol–water partition coefficient (Wildman–Crippen LogP) is 4.45. The summed E-state index contributed by atoms with van der Waals surface area (Å²) in [6.07, 6.45) is 0. The number of ether oxygens (including phenoxy) is 2. The minimum absolute atomic E-state index is 0. The highest BCUT2D eigenvalue weighted by Gasteiger charge is 2.14. The Balaban J connectivity index is 0.00000361. The molecule has 0 heterocycles. The Bertz CT molecular complexity index is 417. The number of rotatable bonds is 6. The quantitative estimate of drug-likeness (QED) is 0.839. The van der Waals surface area contributed by atoms with E-state index in [0.29, 0.717) is 29.7 Å². The highest BCUT2D eigenvalue weighted by atomic mass is 35.5. The van der Waals surface area contributed by atoms with Crippen LogP contribution in [0.2, 0.25) is 5.02 Å². The van der Waals surface area contributed by atoms with Crippen LogP contribution in [0.15, 0.2) is 12.1 Å². The van der Waals surface area contributed by atoms with Crippen molar-refractivity contribution in [2.75, 3.05) is 13.2 Å². The van der Waals surface area contributed by atoms with Gasteiger partial charge < -0.3 is 14.8 Å². The molecule has 0 saturated heterocycles. The Morgan fingerprint density at radius 3 is 2.20 bits per heavy atom. The van der Waals surface area contributed by atoms with Gasteiger partial charge in [0.1, 0.15) is 0 Å². The molecule has 5 heteroatoms. The van der Waals surface area contributed by atoms with Crippen LogP contribution < -0.4 is 14.8 Å². The van der Waals surface area contributed by atoms with Crippen LogP contribution in [-0.2, 0) is 6.54 Å². The molecule has 0 atom stereocenters. The summed E-state index contributed by atoms with van der Waals surface area (Å²) < 4.78 is 11.1. The SMILES string of the molecule is CCOc1cc(CNC(C)(C)C)cc(Cl)c1OCC.Cl. The summed E-state index contributed by atoms with van der Waals surface area (Å²) in [7, 11) is 0. The van der Waals surface area contributed by atoms with E-state index in [2.05, 4.69) is 26.1 Å². The topological polar surface area (TPSA) is 30.5 Å². The summed E-state index contributed by atoms with van der Waals surface area (Å²) in [6, 6.07) is 3.91. The fourth-order valence-electron chi connectivity index (χ4n) is 1.64. The number of hydrogen-bond donors (Lipinski definition) is 1. The van der Waals surface area contributed by atoms with Crippen molar-refractivity contribution in [3.8, 4) is 11.5 Å². The summed E-state index contributed by atoms with van der Waals surface area (Å²) >= 11 is 6.27. The molecular weight excluding hydrogens is 297 g/mol. The van der Waals surface area contributed by atoms with Gasteiger partial charge in [0.2, 0.25) is 0 Å². The van der Waals surface area contributed by atoms with Gasteiger partial charge in [0.15, 0.2) is 11.5 Å². The molecule has 3 nitrogen and oxygen atoms in total. The van der Waals surface area contributed by atoms with E-state index in [1.807, 2.05) is 26.0 Å². The lowest BCUT2D eigenvalue weighted by Crippen LogP contribution is -2.35. The monoisotopic (exact) mass is 321 g/mol. The Labute approximate surface area is 133 Å². The summed E-state index contributed by atoms with van der Waals surface area (Å²) in [5, 5.41) is 4.03. The average Bonchev–Trinajstić information content (AvgIpc) is 2.30. The van der Waals surface area contributed by atoms with E-state index < -0.39 is 0 Å². The number of benzene rings is 1. The molecule has 0 aliphatic carbocycles. The van der Waals surface area contributed by atoms with Crippen molar-refractivity contribution < 1.29 is 9.47 Å². The third-order valence-electron chi connectivity index (χ3n) is 2.48. The fraction of sp³-hybridized carbons (Fsp3) is 0.600. The summed E-state index contributed by atoms with van der Waals surface area (Å²) in [5.41, 5.74) is 1.16. The number of nitrogens with one attached hydrogen (secondary N) is 1. The fourth-order valence-corrected chi connectivity index (χ4v) is 1.93. The van der Waals surface area contributed by atoms with E-state index in [0.717, 1.165) is 12.1 Å². The maximum atomic E-state index is 6.27. The van der Waals surface area contributed by atoms with Crippen molar-refractivity contribution in [3.05, 3.63) is 22.7 Å². The van der Waals surface area contributed by atoms with Crippen LogP contribution in [0.1, 0.15) is 40.2 Å². The highest BCUT2D eigenvalue weighted by molar-refractivity contribution is 6.32. The second-order valence-electron chi connectivity index (χ2n) is 5.37. The largest absolute Gasteiger partial charge is 0.490 e. The van der Waals surface area contributed by atoms with Crippen LogP contribution in [0, 0.1) is 0 Å². The first-order valence-corrected chi connectivity index (χ1v) is 7.08. The molecule has 1 rings (SSSR count). The van der Waals surface area contributed by atoms with Gasteiger partial charge in [-0.05, 0) is 52.3 Å². The third-order valence-corrected chi connectivity index (χ3v) is 2.76. The molecular formula is C15H25Cl2NO2. The maximum absolute atomic E-state index is 6.27. The zero-order valence-corrected chi connectivity index (χ0v) is 14.5. The van der Waals surface area contributed by atoms with E-state index in [-0.39, 0.29) is 17.9 Å². The first kappa shape index (κ1) is 19.4. The minimum Gasteiger partial charge on any atom is -0.490 e. The number of hydrogen-bond acceptors (Lipinski definition) is 3. The Hall–Kier alpha value is -0.640. The van der Waals surface area contributed by atoms with E-state index in [9.17, 15) is 0 Å². The lowest BCUT2D eigenvalue weighted by molar-refractivity contribution is 0.287. The second kappa shape index (κ2) is 8.60. The smallest absolute Gasteiger partial charge is 0.179 e. The van der Waals surface area contributed by atoms with Crippen molar-refractivity contribution in [2.45, 2.75) is 46.7 Å². The van der Waals surface area contributed by atoms with Gasteiger partial charge in [-0.2, -0.15) is 0 Å². The van der Waals surface area contributed by atoms with Crippen molar-refractivity contribution in [3.63, 3.8) is 0 Å². The van der Waals surface area contributed by atoms with Crippen LogP contribution in [-0.4, -0.2) is 18.8 Å². The molecule has 0 saturated carbocycles. The van der Waals surface area contributed by atoms with Gasteiger partial charge in [-0.1, -0.05) is 11.6 Å². The first-order valence-electron chi connectivity index (χ1n) is 6.70. The van der Waals surface area contributed by atoms with Gasteiger partial charge >= 0.3 is 0 Å². The molecule has 116 valence electrons. The summed E-state index contributed by atoms with van der Waals surface area (Å²) in [6.45, 7) is 12.2. The lowest BCUT2D eigenvalue weighted by Gasteiger charge is -2.21. The van der Waals surface area contributed by atoms with Gasteiger partial charge in [-0.25, -0.2) is 0 Å². The lowest BCUT2D eigenvalue weighted by atomic mass is 10.1. The summed E-state index contributed by atoms with van der Waals surface area (Å²) in [5.74, 6) is 1.34. The predicted molar refractivity (Wildman–Crippen MR) is 87.6 cm³/mol. The van der Waals surface area contributed by atoms with Gasteiger partial charge in [0.25, 0.3) is 0 Å². The highest BCUT2D eigenvalue weighted by Crippen LogP contribution is 2.36. The molecule has 1 aromatic rings. The standard InChI is InChI=1S/C15H24ClNO2.ClH/c1-6-18-13-9-11(10-17-15(3,4)5)8-12(16)14(13)19-7-2;/h8-9,17H,6-7,10H2,1-5H3;1H. The molecule has 0 spiro atoms. The first-order chi connectivity index (χ1) is 8.87. The van der Waals surface area contributed by atoms with Gasteiger partial charge in [0, 0.05) is 12.1 Å². The van der Waals surface area contributed by atoms with Crippen LogP contribution >= 0.6 is 24.0 Å². The van der Waals surface area contributed by atoms with Crippen molar-refractivity contribution in [2.24, 2.45) is 0 Å². The number of halogens is 2. The zero-order valence-electron chi connectivity index (χ0n) is 12.9. The maximum Gasteiger partial charge on any atom is 0.179 e. The normalized spacial score (nSPS) is 10.9. The average molecular weight is 322 g/mol. The minimum atomic E-state index is 0. The van der Waals surface area contributed by atoms with E-state index in [4.69, 9.17) is 21.1 Å². The molecule has 0 amide bonds. The molecule has 0 fully saturated rings.